The Morgan fingerprint density at radius 2 is 2.00 bits per heavy atom. The highest BCUT2D eigenvalue weighted by Gasteiger charge is 2.38. The van der Waals surface area contributed by atoms with Crippen molar-refractivity contribution in [3.05, 3.63) is 0 Å². The van der Waals surface area contributed by atoms with Crippen molar-refractivity contribution in [1.29, 1.82) is 0 Å². The van der Waals surface area contributed by atoms with Crippen LogP contribution >= 0.6 is 0 Å². The first-order valence-electron chi connectivity index (χ1n) is 7.81. The van der Waals surface area contributed by atoms with E-state index in [9.17, 15) is 9.59 Å². The summed E-state index contributed by atoms with van der Waals surface area (Å²) in [5.41, 5.74) is 0. The van der Waals surface area contributed by atoms with Gasteiger partial charge in [0, 0.05) is 25.6 Å². The Morgan fingerprint density at radius 3 is 2.79 bits per heavy atom. The zero-order chi connectivity index (χ0) is 13.7. The highest BCUT2D eigenvalue weighted by Crippen LogP contribution is 2.31. The SMILES string of the molecule is CCC(=O)N1CCCCCCNC(=O)[C@@H]2CCC[C@@H]21. The molecule has 0 radical (unpaired) electrons. The van der Waals surface area contributed by atoms with Gasteiger partial charge in [0.2, 0.25) is 11.8 Å². The van der Waals surface area contributed by atoms with E-state index in [4.69, 9.17) is 0 Å². The minimum atomic E-state index is 0.0219. The number of nitrogens with one attached hydrogen (secondary N) is 1. The zero-order valence-corrected chi connectivity index (χ0v) is 12.0. The molecule has 0 aromatic heterocycles. The number of hydrogen-bond donors (Lipinski definition) is 1. The van der Waals surface area contributed by atoms with Gasteiger partial charge in [0.15, 0.2) is 0 Å². The van der Waals surface area contributed by atoms with Gasteiger partial charge in [-0.15, -0.1) is 0 Å². The van der Waals surface area contributed by atoms with Gasteiger partial charge in [0.25, 0.3) is 0 Å². The van der Waals surface area contributed by atoms with E-state index in [0.717, 1.165) is 58.0 Å². The largest absolute Gasteiger partial charge is 0.356 e. The van der Waals surface area contributed by atoms with Gasteiger partial charge < -0.3 is 10.2 Å². The summed E-state index contributed by atoms with van der Waals surface area (Å²) >= 11 is 0. The van der Waals surface area contributed by atoms with Crippen molar-refractivity contribution in [2.45, 2.75) is 64.3 Å². The molecule has 1 saturated heterocycles. The quantitative estimate of drug-likeness (QED) is 0.790. The van der Waals surface area contributed by atoms with Gasteiger partial charge in [-0.2, -0.15) is 0 Å². The lowest BCUT2D eigenvalue weighted by Crippen LogP contribution is -2.47. The van der Waals surface area contributed by atoms with Crippen LogP contribution < -0.4 is 5.32 Å². The van der Waals surface area contributed by atoms with Gasteiger partial charge in [-0.3, -0.25) is 9.59 Å². The fourth-order valence-electron chi connectivity index (χ4n) is 3.40. The van der Waals surface area contributed by atoms with Crippen molar-refractivity contribution in [1.82, 2.24) is 10.2 Å². The third kappa shape index (κ3) is 3.48. The van der Waals surface area contributed by atoms with Crippen LogP contribution in [0.4, 0.5) is 0 Å². The number of nitrogens with zero attached hydrogens (tertiary/aromatic N) is 1. The van der Waals surface area contributed by atoms with Gasteiger partial charge in [-0.1, -0.05) is 26.2 Å². The summed E-state index contributed by atoms with van der Waals surface area (Å²) in [4.78, 5) is 26.4. The summed E-state index contributed by atoms with van der Waals surface area (Å²) in [6.07, 6.45) is 7.97. The number of fused-ring (bicyclic) bond motifs is 1. The average Bonchev–Trinajstić information content (AvgIpc) is 2.88. The molecule has 1 heterocycles. The summed E-state index contributed by atoms with van der Waals surface area (Å²) in [5, 5.41) is 3.05. The first-order valence-corrected chi connectivity index (χ1v) is 7.81. The molecule has 1 saturated carbocycles. The van der Waals surface area contributed by atoms with Gasteiger partial charge in [-0.25, -0.2) is 0 Å². The minimum Gasteiger partial charge on any atom is -0.356 e. The van der Waals surface area contributed by atoms with E-state index >= 15 is 0 Å². The van der Waals surface area contributed by atoms with E-state index in [2.05, 4.69) is 5.32 Å². The Bertz CT molecular complexity index is 330. The molecule has 2 rings (SSSR count). The van der Waals surface area contributed by atoms with E-state index in [1.165, 1.54) is 0 Å². The van der Waals surface area contributed by atoms with Crippen LogP contribution in [0.25, 0.3) is 0 Å². The molecule has 0 bridgehead atoms. The van der Waals surface area contributed by atoms with Crippen molar-refractivity contribution >= 4 is 11.8 Å². The van der Waals surface area contributed by atoms with Crippen LogP contribution in [0.15, 0.2) is 0 Å². The van der Waals surface area contributed by atoms with Gasteiger partial charge >= 0.3 is 0 Å². The topological polar surface area (TPSA) is 49.4 Å². The van der Waals surface area contributed by atoms with Gasteiger partial charge in [0.1, 0.15) is 0 Å². The average molecular weight is 266 g/mol. The number of rotatable bonds is 1. The van der Waals surface area contributed by atoms with Crippen LogP contribution in [0.5, 0.6) is 0 Å². The number of carbonyl (C=O) groups excluding carboxylic acids is 2. The second kappa shape index (κ2) is 6.92. The van der Waals surface area contributed by atoms with Crippen molar-refractivity contribution in [3.8, 4) is 0 Å². The Balaban J connectivity index is 2.13. The number of hydrogen-bond acceptors (Lipinski definition) is 2. The molecule has 0 unspecified atom stereocenters. The highest BCUT2D eigenvalue weighted by atomic mass is 16.2. The van der Waals surface area contributed by atoms with Crippen molar-refractivity contribution in [2.75, 3.05) is 13.1 Å². The molecule has 2 aliphatic rings. The lowest BCUT2D eigenvalue weighted by atomic mass is 10.00. The maximum Gasteiger partial charge on any atom is 0.225 e. The standard InChI is InChI=1S/C15H26N2O2/c1-2-14(18)17-11-6-4-3-5-10-16-15(19)12-8-7-9-13(12)17/h12-13H,2-11H2,1H3,(H,16,19)/t12-,13+/m1/s1. The molecule has 19 heavy (non-hydrogen) atoms. The number of amides is 2. The molecule has 1 aliphatic heterocycles. The summed E-state index contributed by atoms with van der Waals surface area (Å²) in [6.45, 7) is 3.54. The first-order chi connectivity index (χ1) is 9.24. The summed E-state index contributed by atoms with van der Waals surface area (Å²) in [7, 11) is 0. The van der Waals surface area contributed by atoms with Crippen molar-refractivity contribution in [3.63, 3.8) is 0 Å². The fraction of sp³-hybridized carbons (Fsp3) is 0.867. The predicted molar refractivity (Wildman–Crippen MR) is 74.6 cm³/mol. The smallest absolute Gasteiger partial charge is 0.225 e. The van der Waals surface area contributed by atoms with Crippen LogP contribution in [-0.4, -0.2) is 35.8 Å². The third-order valence-electron chi connectivity index (χ3n) is 4.46. The Hall–Kier alpha value is -1.06. The van der Waals surface area contributed by atoms with Crippen LogP contribution in [0.3, 0.4) is 0 Å². The molecule has 1 aliphatic carbocycles. The molecule has 1 N–H and O–H groups in total. The minimum absolute atomic E-state index is 0.0219. The predicted octanol–water partition coefficient (Wildman–Crippen LogP) is 2.08. The maximum absolute atomic E-state index is 12.2. The van der Waals surface area contributed by atoms with E-state index in [0.29, 0.717) is 6.42 Å². The van der Waals surface area contributed by atoms with E-state index < -0.39 is 0 Å². The van der Waals surface area contributed by atoms with E-state index in [1.807, 2.05) is 11.8 Å². The van der Waals surface area contributed by atoms with Crippen LogP contribution in [0.2, 0.25) is 0 Å². The maximum atomic E-state index is 12.2. The van der Waals surface area contributed by atoms with Crippen molar-refractivity contribution < 1.29 is 9.59 Å². The van der Waals surface area contributed by atoms with E-state index in [1.54, 1.807) is 0 Å². The van der Waals surface area contributed by atoms with Gasteiger partial charge in [0.05, 0.1) is 5.92 Å². The highest BCUT2D eigenvalue weighted by molar-refractivity contribution is 5.82. The van der Waals surface area contributed by atoms with Crippen molar-refractivity contribution in [2.24, 2.45) is 5.92 Å². The molecule has 0 aromatic carbocycles. The fourth-order valence-corrected chi connectivity index (χ4v) is 3.40. The molecule has 0 spiro atoms. The molecule has 2 atom stereocenters. The zero-order valence-electron chi connectivity index (χ0n) is 12.0. The monoisotopic (exact) mass is 266 g/mol. The number of carbonyl (C=O) groups is 2. The molecule has 4 heteroatoms. The summed E-state index contributed by atoms with van der Waals surface area (Å²) in [5.74, 6) is 0.399. The second-order valence-corrected chi connectivity index (χ2v) is 5.75. The molecule has 0 aromatic rings. The van der Waals surface area contributed by atoms with Crippen LogP contribution in [0, 0.1) is 5.92 Å². The molecule has 2 fully saturated rings. The normalized spacial score (nSPS) is 29.3. The van der Waals surface area contributed by atoms with Gasteiger partial charge in [-0.05, 0) is 25.7 Å². The lowest BCUT2D eigenvalue weighted by molar-refractivity contribution is -0.136. The molecule has 108 valence electrons. The molecular formula is C15H26N2O2. The molecular weight excluding hydrogens is 240 g/mol. The Labute approximate surface area is 115 Å². The Kier molecular flexibility index (Phi) is 5.23. The molecule has 2 amide bonds. The van der Waals surface area contributed by atoms with Crippen LogP contribution in [-0.2, 0) is 9.59 Å². The first kappa shape index (κ1) is 14.4. The summed E-state index contributed by atoms with van der Waals surface area (Å²) in [6, 6.07) is 0.144. The Morgan fingerprint density at radius 1 is 1.21 bits per heavy atom. The third-order valence-corrected chi connectivity index (χ3v) is 4.46. The summed E-state index contributed by atoms with van der Waals surface area (Å²) < 4.78 is 0. The second-order valence-electron chi connectivity index (χ2n) is 5.75. The van der Waals surface area contributed by atoms with Crippen LogP contribution in [0.1, 0.15) is 58.3 Å². The lowest BCUT2D eigenvalue weighted by Gasteiger charge is -2.32. The van der Waals surface area contributed by atoms with E-state index in [-0.39, 0.29) is 23.8 Å². The molecule has 4 nitrogen and oxygen atoms in total.